The molecule has 144 valence electrons. The van der Waals surface area contributed by atoms with E-state index in [1.165, 1.54) is 12.8 Å². The number of carbonyl (C=O) groups is 2. The molecule has 2 aromatic rings. The first kappa shape index (κ1) is 18.2. The molecule has 0 N–H and O–H groups in total. The van der Waals surface area contributed by atoms with Gasteiger partial charge in [-0.3, -0.25) is 9.59 Å². The van der Waals surface area contributed by atoms with Crippen molar-refractivity contribution in [2.45, 2.75) is 39.0 Å². The molecule has 4 rings (SSSR count). The van der Waals surface area contributed by atoms with E-state index in [1.54, 1.807) is 11.3 Å². The number of carbonyl (C=O) groups excluding carboxylic acids is 2. The maximum Gasteiger partial charge on any atom is 0.236 e. The minimum atomic E-state index is 0.0529. The van der Waals surface area contributed by atoms with Crippen molar-refractivity contribution in [1.82, 2.24) is 14.8 Å². The first-order valence-corrected chi connectivity index (χ1v) is 10.6. The first-order valence-electron chi connectivity index (χ1n) is 9.68. The van der Waals surface area contributed by atoms with Crippen LogP contribution in [0.1, 0.15) is 37.1 Å². The van der Waals surface area contributed by atoms with Crippen LogP contribution in [0.3, 0.4) is 0 Å². The lowest BCUT2D eigenvalue weighted by molar-refractivity contribution is -0.141. The molecule has 3 heterocycles. The Morgan fingerprint density at radius 1 is 1.19 bits per heavy atom. The first-order chi connectivity index (χ1) is 13.1. The third-order valence-electron chi connectivity index (χ3n) is 5.59. The number of piperazine rings is 1. The summed E-state index contributed by atoms with van der Waals surface area (Å²) in [7, 11) is 0. The average Bonchev–Trinajstić information content (AvgIpc) is 3.44. The predicted octanol–water partition coefficient (Wildman–Crippen LogP) is 3.12. The van der Waals surface area contributed by atoms with Gasteiger partial charge in [0.25, 0.3) is 0 Å². The third-order valence-corrected chi connectivity index (χ3v) is 6.45. The highest BCUT2D eigenvalue weighted by Crippen LogP contribution is 2.28. The standard InChI is InChI=1S/C20H25N3O3S/c1-14-16(21-19(26-14)17-7-4-12-27-17)13-18(24)22-8-10-23(11-9-22)20(25)15-5-2-3-6-15/h4,7,12,15H,2-3,5-6,8-11,13H2,1H3. The van der Waals surface area contributed by atoms with E-state index in [0.717, 1.165) is 17.7 Å². The van der Waals surface area contributed by atoms with Crippen molar-refractivity contribution in [3.05, 3.63) is 29.0 Å². The van der Waals surface area contributed by atoms with E-state index < -0.39 is 0 Å². The Hall–Kier alpha value is -2.15. The van der Waals surface area contributed by atoms with Crippen LogP contribution in [0.4, 0.5) is 0 Å². The lowest BCUT2D eigenvalue weighted by atomic mass is 10.1. The van der Waals surface area contributed by atoms with Gasteiger partial charge in [-0.05, 0) is 31.2 Å². The van der Waals surface area contributed by atoms with Gasteiger partial charge >= 0.3 is 0 Å². The number of oxazole rings is 1. The van der Waals surface area contributed by atoms with Gasteiger partial charge in [0.1, 0.15) is 5.76 Å². The smallest absolute Gasteiger partial charge is 0.236 e. The van der Waals surface area contributed by atoms with Gasteiger partial charge in [-0.15, -0.1) is 11.3 Å². The quantitative estimate of drug-likeness (QED) is 0.808. The van der Waals surface area contributed by atoms with Crippen LogP contribution in [-0.4, -0.2) is 52.8 Å². The molecule has 1 aliphatic heterocycles. The van der Waals surface area contributed by atoms with Crippen LogP contribution < -0.4 is 0 Å². The monoisotopic (exact) mass is 387 g/mol. The van der Waals surface area contributed by atoms with Gasteiger partial charge in [0.05, 0.1) is 17.0 Å². The second kappa shape index (κ2) is 7.84. The Balaban J connectivity index is 1.33. The molecule has 2 fully saturated rings. The van der Waals surface area contributed by atoms with E-state index in [0.29, 0.717) is 43.5 Å². The summed E-state index contributed by atoms with van der Waals surface area (Å²) in [6, 6.07) is 3.92. The highest BCUT2D eigenvalue weighted by Gasteiger charge is 2.30. The predicted molar refractivity (Wildman–Crippen MR) is 103 cm³/mol. The zero-order valence-electron chi connectivity index (χ0n) is 15.6. The molecule has 1 saturated heterocycles. The topological polar surface area (TPSA) is 66.7 Å². The number of rotatable bonds is 4. The number of amides is 2. The molecular weight excluding hydrogens is 362 g/mol. The van der Waals surface area contributed by atoms with Crippen molar-refractivity contribution in [3.8, 4) is 10.8 Å². The number of aromatic nitrogens is 1. The van der Waals surface area contributed by atoms with Gasteiger partial charge in [-0.25, -0.2) is 4.98 Å². The SMILES string of the molecule is Cc1oc(-c2cccs2)nc1CC(=O)N1CCN(C(=O)C2CCCC2)CC1. The van der Waals surface area contributed by atoms with Gasteiger partial charge in [0.2, 0.25) is 17.7 Å². The van der Waals surface area contributed by atoms with Crippen LogP contribution in [-0.2, 0) is 16.0 Å². The molecule has 0 unspecified atom stereocenters. The summed E-state index contributed by atoms with van der Waals surface area (Å²) in [5.41, 5.74) is 0.702. The third kappa shape index (κ3) is 3.93. The van der Waals surface area contributed by atoms with E-state index >= 15 is 0 Å². The molecule has 1 aliphatic carbocycles. The molecule has 0 atom stereocenters. The van der Waals surface area contributed by atoms with E-state index in [4.69, 9.17) is 4.42 Å². The van der Waals surface area contributed by atoms with Crippen LogP contribution >= 0.6 is 11.3 Å². The lowest BCUT2D eigenvalue weighted by Gasteiger charge is -2.36. The zero-order valence-corrected chi connectivity index (χ0v) is 16.5. The summed E-state index contributed by atoms with van der Waals surface area (Å²) in [6.07, 6.45) is 4.63. The molecule has 0 radical (unpaired) electrons. The van der Waals surface area contributed by atoms with Crippen molar-refractivity contribution in [1.29, 1.82) is 0 Å². The largest absolute Gasteiger partial charge is 0.440 e. The normalized spacial score (nSPS) is 18.3. The van der Waals surface area contributed by atoms with Crippen LogP contribution in [0.2, 0.25) is 0 Å². The molecule has 6 nitrogen and oxygen atoms in total. The van der Waals surface area contributed by atoms with Crippen molar-refractivity contribution in [3.63, 3.8) is 0 Å². The summed E-state index contributed by atoms with van der Waals surface area (Å²) in [4.78, 5) is 34.5. The minimum absolute atomic E-state index is 0.0529. The van der Waals surface area contributed by atoms with E-state index in [1.807, 2.05) is 34.2 Å². The van der Waals surface area contributed by atoms with Crippen molar-refractivity contribution in [2.24, 2.45) is 5.92 Å². The van der Waals surface area contributed by atoms with Crippen LogP contribution in [0.25, 0.3) is 10.8 Å². The number of thiophene rings is 1. The van der Waals surface area contributed by atoms with Crippen LogP contribution in [0, 0.1) is 12.8 Å². The molecular formula is C20H25N3O3S. The number of aryl methyl sites for hydroxylation is 1. The zero-order chi connectivity index (χ0) is 18.8. The van der Waals surface area contributed by atoms with E-state index in [-0.39, 0.29) is 24.2 Å². The van der Waals surface area contributed by atoms with Crippen LogP contribution in [0.5, 0.6) is 0 Å². The minimum Gasteiger partial charge on any atom is -0.440 e. The molecule has 2 amide bonds. The van der Waals surface area contributed by atoms with Crippen molar-refractivity contribution >= 4 is 23.2 Å². The van der Waals surface area contributed by atoms with Gasteiger partial charge in [0.15, 0.2) is 0 Å². The fourth-order valence-electron chi connectivity index (χ4n) is 3.96. The van der Waals surface area contributed by atoms with Gasteiger partial charge in [-0.2, -0.15) is 0 Å². The van der Waals surface area contributed by atoms with Crippen LogP contribution in [0.15, 0.2) is 21.9 Å². The molecule has 0 aromatic carbocycles. The number of nitrogens with zero attached hydrogens (tertiary/aromatic N) is 3. The van der Waals surface area contributed by atoms with Gasteiger partial charge < -0.3 is 14.2 Å². The Morgan fingerprint density at radius 2 is 1.89 bits per heavy atom. The Bertz CT molecular complexity index is 801. The summed E-state index contributed by atoms with van der Waals surface area (Å²) in [5.74, 6) is 1.82. The highest BCUT2D eigenvalue weighted by molar-refractivity contribution is 7.13. The Labute approximate surface area is 163 Å². The second-order valence-electron chi connectivity index (χ2n) is 7.36. The lowest BCUT2D eigenvalue weighted by Crippen LogP contribution is -2.52. The number of hydrogen-bond donors (Lipinski definition) is 0. The highest BCUT2D eigenvalue weighted by atomic mass is 32.1. The summed E-state index contributed by atoms with van der Waals surface area (Å²) >= 11 is 1.57. The van der Waals surface area contributed by atoms with E-state index in [2.05, 4.69) is 4.98 Å². The Kier molecular flexibility index (Phi) is 5.29. The molecule has 0 bridgehead atoms. The molecule has 0 spiro atoms. The second-order valence-corrected chi connectivity index (χ2v) is 8.31. The van der Waals surface area contributed by atoms with Crippen molar-refractivity contribution in [2.75, 3.05) is 26.2 Å². The summed E-state index contributed by atoms with van der Waals surface area (Å²) in [5, 5.41) is 1.98. The molecule has 27 heavy (non-hydrogen) atoms. The van der Waals surface area contributed by atoms with Gasteiger partial charge in [-0.1, -0.05) is 18.9 Å². The molecule has 2 aromatic heterocycles. The fraction of sp³-hybridized carbons (Fsp3) is 0.550. The maximum atomic E-state index is 12.7. The number of hydrogen-bond acceptors (Lipinski definition) is 5. The van der Waals surface area contributed by atoms with Crippen molar-refractivity contribution < 1.29 is 14.0 Å². The molecule has 2 aliphatic rings. The van der Waals surface area contributed by atoms with E-state index in [9.17, 15) is 9.59 Å². The summed E-state index contributed by atoms with van der Waals surface area (Å²) in [6.45, 7) is 4.33. The van der Waals surface area contributed by atoms with Gasteiger partial charge in [0, 0.05) is 32.1 Å². The molecule has 1 saturated carbocycles. The Morgan fingerprint density at radius 3 is 2.56 bits per heavy atom. The maximum absolute atomic E-state index is 12.7. The average molecular weight is 388 g/mol. The summed E-state index contributed by atoms with van der Waals surface area (Å²) < 4.78 is 5.73. The molecule has 7 heteroatoms. The fourth-order valence-corrected chi connectivity index (χ4v) is 4.61.